The third-order valence-electron chi connectivity index (χ3n) is 4.24. The Morgan fingerprint density at radius 3 is 2.17 bits per heavy atom. The fourth-order valence-electron chi connectivity index (χ4n) is 2.58. The van der Waals surface area contributed by atoms with E-state index < -0.39 is 18.5 Å². The largest absolute Gasteiger partial charge is 0.482 e. The Morgan fingerprint density at radius 1 is 0.897 bits per heavy atom. The van der Waals surface area contributed by atoms with Crippen molar-refractivity contribution in [1.82, 2.24) is 5.32 Å². The van der Waals surface area contributed by atoms with Crippen molar-refractivity contribution in [2.45, 2.75) is 27.2 Å². The van der Waals surface area contributed by atoms with E-state index in [0.29, 0.717) is 5.75 Å². The lowest BCUT2D eigenvalue weighted by Crippen LogP contribution is -2.36. The number of amides is 2. The summed E-state index contributed by atoms with van der Waals surface area (Å²) in [6.45, 7) is 4.83. The van der Waals surface area contributed by atoms with Crippen LogP contribution in [0.25, 0.3) is 0 Å². The molecule has 0 atom stereocenters. The molecular weight excluding hydrogens is 372 g/mol. The number of esters is 1. The van der Waals surface area contributed by atoms with Crippen molar-refractivity contribution >= 4 is 23.5 Å². The van der Waals surface area contributed by atoms with Gasteiger partial charge in [0.15, 0.2) is 13.2 Å². The second-order valence-corrected chi connectivity index (χ2v) is 6.54. The van der Waals surface area contributed by atoms with E-state index in [1.807, 2.05) is 51.1 Å². The van der Waals surface area contributed by atoms with Gasteiger partial charge in [0, 0.05) is 5.69 Å². The minimum Gasteiger partial charge on any atom is -0.482 e. The van der Waals surface area contributed by atoms with Gasteiger partial charge in [-0.3, -0.25) is 9.59 Å². The van der Waals surface area contributed by atoms with Crippen LogP contribution in [0.2, 0.25) is 0 Å². The van der Waals surface area contributed by atoms with Crippen LogP contribution in [0.1, 0.15) is 23.6 Å². The van der Waals surface area contributed by atoms with E-state index in [0.717, 1.165) is 23.2 Å². The molecule has 7 nitrogen and oxygen atoms in total. The first-order valence-corrected chi connectivity index (χ1v) is 9.39. The highest BCUT2D eigenvalue weighted by molar-refractivity contribution is 5.96. The molecule has 0 saturated heterocycles. The van der Waals surface area contributed by atoms with Crippen LogP contribution < -0.4 is 15.4 Å². The van der Waals surface area contributed by atoms with Crippen LogP contribution in [0.3, 0.4) is 0 Å². The second kappa shape index (κ2) is 10.8. The summed E-state index contributed by atoms with van der Waals surface area (Å²) < 4.78 is 10.2. The zero-order valence-electron chi connectivity index (χ0n) is 16.9. The summed E-state index contributed by atoms with van der Waals surface area (Å²) in [5, 5.41) is 5.18. The predicted octanol–water partition coefficient (Wildman–Crippen LogP) is 2.54. The van der Waals surface area contributed by atoms with Crippen molar-refractivity contribution in [2.24, 2.45) is 0 Å². The highest BCUT2D eigenvalue weighted by Gasteiger charge is 2.11. The molecule has 2 N–H and O–H groups in total. The predicted molar refractivity (Wildman–Crippen MR) is 110 cm³/mol. The smallest absolute Gasteiger partial charge is 0.344 e. The van der Waals surface area contributed by atoms with Gasteiger partial charge in [-0.1, -0.05) is 37.3 Å². The molecule has 154 valence electrons. The van der Waals surface area contributed by atoms with Gasteiger partial charge in [0.2, 0.25) is 5.91 Å². The van der Waals surface area contributed by atoms with E-state index in [1.54, 1.807) is 12.1 Å². The molecule has 7 heteroatoms. The molecular formula is C22H26N2O5. The van der Waals surface area contributed by atoms with Crippen LogP contribution in [0.4, 0.5) is 5.69 Å². The third-order valence-corrected chi connectivity index (χ3v) is 4.24. The number of benzene rings is 2. The molecule has 0 fully saturated rings. The van der Waals surface area contributed by atoms with Gasteiger partial charge in [0.25, 0.3) is 5.91 Å². The SMILES string of the molecule is CCc1ccc(OCC(=O)OCC(=O)NCC(=O)Nc2c(C)cccc2C)cc1. The number of hydrogen-bond donors (Lipinski definition) is 2. The number of nitrogens with one attached hydrogen (secondary N) is 2. The van der Waals surface area contributed by atoms with Crippen molar-refractivity contribution in [3.63, 3.8) is 0 Å². The summed E-state index contributed by atoms with van der Waals surface area (Å²) in [4.78, 5) is 35.5. The molecule has 0 aliphatic carbocycles. The van der Waals surface area contributed by atoms with Crippen molar-refractivity contribution in [2.75, 3.05) is 25.1 Å². The summed E-state index contributed by atoms with van der Waals surface area (Å²) in [6.07, 6.45) is 0.917. The molecule has 0 radical (unpaired) electrons. The summed E-state index contributed by atoms with van der Waals surface area (Å²) in [5.41, 5.74) is 3.76. The van der Waals surface area contributed by atoms with Gasteiger partial charge in [-0.2, -0.15) is 0 Å². The van der Waals surface area contributed by atoms with Gasteiger partial charge < -0.3 is 20.1 Å². The quantitative estimate of drug-likeness (QED) is 0.633. The van der Waals surface area contributed by atoms with E-state index >= 15 is 0 Å². The van der Waals surface area contributed by atoms with Crippen LogP contribution in [-0.4, -0.2) is 37.5 Å². The molecule has 0 aromatic heterocycles. The molecule has 0 heterocycles. The normalized spacial score (nSPS) is 10.2. The summed E-state index contributed by atoms with van der Waals surface area (Å²) >= 11 is 0. The maximum atomic E-state index is 12.0. The van der Waals surface area contributed by atoms with Gasteiger partial charge in [-0.05, 0) is 49.1 Å². The summed E-state index contributed by atoms with van der Waals surface area (Å²) in [7, 11) is 0. The number of hydrogen-bond acceptors (Lipinski definition) is 5. The maximum Gasteiger partial charge on any atom is 0.344 e. The molecule has 2 aromatic carbocycles. The molecule has 0 spiro atoms. The van der Waals surface area contributed by atoms with Crippen LogP contribution in [0.15, 0.2) is 42.5 Å². The molecule has 0 unspecified atom stereocenters. The van der Waals surface area contributed by atoms with E-state index in [-0.39, 0.29) is 19.1 Å². The molecule has 0 saturated carbocycles. The van der Waals surface area contributed by atoms with Crippen molar-refractivity contribution in [3.8, 4) is 5.75 Å². The van der Waals surface area contributed by atoms with E-state index in [4.69, 9.17) is 9.47 Å². The van der Waals surface area contributed by atoms with Crippen molar-refractivity contribution in [1.29, 1.82) is 0 Å². The standard InChI is InChI=1S/C22H26N2O5/c1-4-17-8-10-18(11-9-17)28-14-21(27)29-13-20(26)23-12-19(25)24-22-15(2)6-5-7-16(22)3/h5-11H,4,12-14H2,1-3H3,(H,23,26)(H,24,25). The number of aryl methyl sites for hydroxylation is 3. The first-order chi connectivity index (χ1) is 13.9. The Labute approximate surface area is 170 Å². The first-order valence-electron chi connectivity index (χ1n) is 9.39. The van der Waals surface area contributed by atoms with Crippen molar-refractivity contribution in [3.05, 3.63) is 59.2 Å². The number of carbonyl (C=O) groups is 3. The number of rotatable bonds is 9. The zero-order valence-corrected chi connectivity index (χ0v) is 16.9. The fraction of sp³-hybridized carbons (Fsp3) is 0.318. The van der Waals surface area contributed by atoms with Crippen LogP contribution in [-0.2, 0) is 25.5 Å². The van der Waals surface area contributed by atoms with Crippen LogP contribution >= 0.6 is 0 Å². The molecule has 0 aliphatic rings. The van der Waals surface area contributed by atoms with Crippen LogP contribution in [0.5, 0.6) is 5.75 Å². The van der Waals surface area contributed by atoms with Crippen molar-refractivity contribution < 1.29 is 23.9 Å². The zero-order chi connectivity index (χ0) is 21.2. The maximum absolute atomic E-state index is 12.0. The second-order valence-electron chi connectivity index (χ2n) is 6.54. The Balaban J connectivity index is 1.66. The summed E-state index contributed by atoms with van der Waals surface area (Å²) in [6, 6.07) is 13.1. The Hall–Kier alpha value is -3.35. The molecule has 29 heavy (non-hydrogen) atoms. The Bertz CT molecular complexity index is 842. The van der Waals surface area contributed by atoms with Gasteiger partial charge in [-0.15, -0.1) is 0 Å². The third kappa shape index (κ3) is 7.29. The van der Waals surface area contributed by atoms with E-state index in [2.05, 4.69) is 10.6 Å². The molecule has 2 rings (SSSR count). The van der Waals surface area contributed by atoms with Gasteiger partial charge >= 0.3 is 5.97 Å². The topological polar surface area (TPSA) is 93.7 Å². The summed E-state index contributed by atoms with van der Waals surface area (Å²) in [5.74, 6) is -1.05. The van der Waals surface area contributed by atoms with Gasteiger partial charge in [-0.25, -0.2) is 4.79 Å². The van der Waals surface area contributed by atoms with Gasteiger partial charge in [0.05, 0.1) is 6.54 Å². The van der Waals surface area contributed by atoms with Gasteiger partial charge in [0.1, 0.15) is 5.75 Å². The number of anilines is 1. The number of carbonyl (C=O) groups excluding carboxylic acids is 3. The molecule has 0 bridgehead atoms. The highest BCUT2D eigenvalue weighted by atomic mass is 16.6. The molecule has 0 aliphatic heterocycles. The van der Waals surface area contributed by atoms with E-state index in [1.165, 1.54) is 5.56 Å². The lowest BCUT2D eigenvalue weighted by Gasteiger charge is -2.12. The minimum atomic E-state index is -0.667. The number of ether oxygens (including phenoxy) is 2. The molecule has 2 amide bonds. The average Bonchev–Trinajstić information content (AvgIpc) is 2.72. The average molecular weight is 398 g/mol. The fourth-order valence-corrected chi connectivity index (χ4v) is 2.58. The Morgan fingerprint density at radius 2 is 1.55 bits per heavy atom. The highest BCUT2D eigenvalue weighted by Crippen LogP contribution is 2.19. The van der Waals surface area contributed by atoms with E-state index in [9.17, 15) is 14.4 Å². The van der Waals surface area contributed by atoms with Crippen LogP contribution in [0, 0.1) is 13.8 Å². The lowest BCUT2D eigenvalue weighted by atomic mass is 10.1. The monoisotopic (exact) mass is 398 g/mol. The minimum absolute atomic E-state index is 0.218. The lowest BCUT2D eigenvalue weighted by molar-refractivity contribution is -0.150. The molecule has 2 aromatic rings. The number of para-hydroxylation sites is 1. The first kappa shape index (κ1) is 21.9. The Kier molecular flexibility index (Phi) is 8.21.